The lowest BCUT2D eigenvalue weighted by molar-refractivity contribution is -0.384. The fourth-order valence-corrected chi connectivity index (χ4v) is 4.17. The number of nitro benzene ring substituents is 1. The number of morpholine rings is 1. The first kappa shape index (κ1) is 24.5. The molecule has 0 aliphatic carbocycles. The number of fused-ring (bicyclic) bond motifs is 1. The lowest BCUT2D eigenvalue weighted by Gasteiger charge is -2.28. The second-order valence-corrected chi connectivity index (χ2v) is 8.13. The molecule has 0 saturated carbocycles. The van der Waals surface area contributed by atoms with Gasteiger partial charge in [0.25, 0.3) is 12.2 Å². The molecule has 2 saturated heterocycles. The van der Waals surface area contributed by atoms with Gasteiger partial charge in [-0.15, -0.1) is 0 Å². The third-order valence-electron chi connectivity index (χ3n) is 5.97. The van der Waals surface area contributed by atoms with Gasteiger partial charge in [-0.25, -0.2) is 14.6 Å². The zero-order chi connectivity index (χ0) is 24.6. The maximum Gasteiger partial charge on any atom is 0.293 e. The summed E-state index contributed by atoms with van der Waals surface area (Å²) in [4.78, 5) is 31.7. The summed E-state index contributed by atoms with van der Waals surface area (Å²) in [7, 11) is 0. The predicted octanol–water partition coefficient (Wildman–Crippen LogP) is 2.34. The van der Waals surface area contributed by atoms with Gasteiger partial charge in [-0.1, -0.05) is 0 Å². The predicted molar refractivity (Wildman–Crippen MR) is 129 cm³/mol. The lowest BCUT2D eigenvalue weighted by atomic mass is 10.1. The average Bonchev–Trinajstić information content (AvgIpc) is 3.34. The number of carbonyl (C=O) groups is 1. The molecule has 0 spiro atoms. The van der Waals surface area contributed by atoms with Gasteiger partial charge in [-0.3, -0.25) is 14.9 Å². The van der Waals surface area contributed by atoms with E-state index in [1.54, 1.807) is 19.1 Å². The highest BCUT2D eigenvalue weighted by atomic mass is 16.6. The number of hydrogen-bond donors (Lipinski definition) is 1. The number of anilines is 1. The Morgan fingerprint density at radius 2 is 1.91 bits per heavy atom. The van der Waals surface area contributed by atoms with Crippen LogP contribution in [0, 0.1) is 10.1 Å². The fraction of sp³-hybridized carbons (Fsp3) is 0.478. The van der Waals surface area contributed by atoms with Gasteiger partial charge in [0.15, 0.2) is 11.5 Å². The van der Waals surface area contributed by atoms with Crippen LogP contribution in [0.5, 0.6) is 0 Å². The van der Waals surface area contributed by atoms with Crippen LogP contribution in [0.3, 0.4) is 0 Å². The van der Waals surface area contributed by atoms with Crippen LogP contribution < -0.4 is 10.2 Å². The van der Waals surface area contributed by atoms with Gasteiger partial charge in [-0.2, -0.15) is 5.10 Å². The van der Waals surface area contributed by atoms with Gasteiger partial charge in [0.2, 0.25) is 0 Å². The van der Waals surface area contributed by atoms with Crippen molar-refractivity contribution in [3.63, 3.8) is 0 Å². The molecule has 0 atom stereocenters. The Bertz CT molecular complexity index is 1140. The van der Waals surface area contributed by atoms with E-state index in [0.29, 0.717) is 38.2 Å². The van der Waals surface area contributed by atoms with Crippen molar-refractivity contribution in [2.24, 2.45) is 0 Å². The minimum absolute atomic E-state index is 0.0491. The summed E-state index contributed by atoms with van der Waals surface area (Å²) in [5.74, 6) is 1.39. The SMILES string of the molecule is CCOC=O.O=[N+]([O-])c1ccc(-c2nc(N3CCOCC3)c3cnn(C4CCNCC4)c3n2)cc1. The Balaban J connectivity index is 0.000000527. The number of aromatic nitrogens is 4. The first-order chi connectivity index (χ1) is 17.1. The normalized spacial score (nSPS) is 16.4. The van der Waals surface area contributed by atoms with E-state index in [4.69, 9.17) is 14.7 Å². The van der Waals surface area contributed by atoms with E-state index in [-0.39, 0.29) is 5.69 Å². The standard InChI is InChI=1S/C20H23N7O3.C3H6O2/c28-27(29)16-3-1-14(2-4-16)18-23-19(25-9-11-30-12-10-25)17-13-22-26(20(17)24-18)15-5-7-21-8-6-15;1-2-5-3-4/h1-4,13,15,21H,5-12H2;3H,2H2,1H3. The molecule has 5 rings (SSSR count). The topological polar surface area (TPSA) is 138 Å². The molecule has 2 aromatic heterocycles. The van der Waals surface area contributed by atoms with Gasteiger partial charge >= 0.3 is 0 Å². The molecule has 0 bridgehead atoms. The molecule has 2 aliphatic rings. The molecule has 12 nitrogen and oxygen atoms in total. The van der Waals surface area contributed by atoms with Crippen LogP contribution in [0.1, 0.15) is 25.8 Å². The van der Waals surface area contributed by atoms with E-state index in [2.05, 4.69) is 20.1 Å². The highest BCUT2D eigenvalue weighted by Crippen LogP contribution is 2.31. The maximum absolute atomic E-state index is 11.0. The fourth-order valence-electron chi connectivity index (χ4n) is 4.17. The van der Waals surface area contributed by atoms with E-state index < -0.39 is 4.92 Å². The van der Waals surface area contributed by atoms with E-state index in [1.807, 2.05) is 10.9 Å². The Morgan fingerprint density at radius 1 is 1.20 bits per heavy atom. The highest BCUT2D eigenvalue weighted by molar-refractivity contribution is 5.89. The van der Waals surface area contributed by atoms with Crippen molar-refractivity contribution in [3.8, 4) is 11.4 Å². The molecule has 186 valence electrons. The third kappa shape index (κ3) is 5.72. The Morgan fingerprint density at radius 3 is 2.51 bits per heavy atom. The minimum Gasteiger partial charge on any atom is -0.468 e. The van der Waals surface area contributed by atoms with Gasteiger partial charge in [0.1, 0.15) is 5.82 Å². The van der Waals surface area contributed by atoms with Crippen LogP contribution in [0.15, 0.2) is 30.5 Å². The smallest absolute Gasteiger partial charge is 0.293 e. The largest absolute Gasteiger partial charge is 0.468 e. The summed E-state index contributed by atoms with van der Waals surface area (Å²) in [6, 6.07) is 6.67. The molecule has 0 radical (unpaired) electrons. The molecule has 0 amide bonds. The highest BCUT2D eigenvalue weighted by Gasteiger charge is 2.24. The van der Waals surface area contributed by atoms with E-state index in [0.717, 1.165) is 61.4 Å². The van der Waals surface area contributed by atoms with Gasteiger partial charge < -0.3 is 19.7 Å². The van der Waals surface area contributed by atoms with E-state index in [1.165, 1.54) is 12.1 Å². The number of ether oxygens (including phenoxy) is 2. The summed E-state index contributed by atoms with van der Waals surface area (Å²) in [5.41, 5.74) is 1.61. The molecule has 1 aromatic carbocycles. The number of hydrogen-bond acceptors (Lipinski definition) is 10. The van der Waals surface area contributed by atoms with Crippen LogP contribution >= 0.6 is 0 Å². The third-order valence-corrected chi connectivity index (χ3v) is 5.97. The Kier molecular flexibility index (Phi) is 8.16. The van der Waals surface area contributed by atoms with Crippen molar-refractivity contribution >= 4 is 29.0 Å². The monoisotopic (exact) mass is 483 g/mol. The van der Waals surface area contributed by atoms with Crippen molar-refractivity contribution in [2.75, 3.05) is 50.9 Å². The molecular formula is C23H29N7O5. The van der Waals surface area contributed by atoms with Crippen LogP contribution in [0.2, 0.25) is 0 Å². The average molecular weight is 484 g/mol. The van der Waals surface area contributed by atoms with Gasteiger partial charge in [0, 0.05) is 30.8 Å². The van der Waals surface area contributed by atoms with Crippen LogP contribution in [0.25, 0.3) is 22.4 Å². The number of piperidine rings is 1. The maximum atomic E-state index is 11.0. The van der Waals surface area contributed by atoms with E-state index >= 15 is 0 Å². The molecule has 2 aliphatic heterocycles. The summed E-state index contributed by atoms with van der Waals surface area (Å²) in [5, 5.41) is 20.0. The number of benzene rings is 1. The zero-order valence-corrected chi connectivity index (χ0v) is 19.6. The molecule has 0 unspecified atom stereocenters. The molecule has 4 heterocycles. The lowest BCUT2D eigenvalue weighted by Crippen LogP contribution is -2.37. The minimum atomic E-state index is -0.404. The van der Waals surface area contributed by atoms with Crippen LogP contribution in [-0.2, 0) is 14.3 Å². The van der Waals surface area contributed by atoms with Crippen molar-refractivity contribution in [1.29, 1.82) is 0 Å². The Hall–Kier alpha value is -3.64. The second kappa shape index (κ2) is 11.7. The van der Waals surface area contributed by atoms with Crippen molar-refractivity contribution in [1.82, 2.24) is 25.1 Å². The first-order valence-corrected chi connectivity index (χ1v) is 11.7. The molecule has 2 fully saturated rings. The molecule has 1 N–H and O–H groups in total. The quantitative estimate of drug-likeness (QED) is 0.316. The van der Waals surface area contributed by atoms with Crippen molar-refractivity contribution < 1.29 is 19.2 Å². The second-order valence-electron chi connectivity index (χ2n) is 8.13. The van der Waals surface area contributed by atoms with Crippen LogP contribution in [-0.4, -0.2) is 77.1 Å². The molecule has 12 heteroatoms. The van der Waals surface area contributed by atoms with Crippen molar-refractivity contribution in [2.45, 2.75) is 25.8 Å². The summed E-state index contributed by atoms with van der Waals surface area (Å²) in [6.07, 6.45) is 3.86. The zero-order valence-electron chi connectivity index (χ0n) is 19.6. The number of nitrogens with one attached hydrogen (secondary N) is 1. The Labute approximate surface area is 202 Å². The van der Waals surface area contributed by atoms with Crippen LogP contribution in [0.4, 0.5) is 11.5 Å². The number of nitro groups is 1. The number of carbonyl (C=O) groups excluding carboxylic acids is 1. The van der Waals surface area contributed by atoms with Crippen molar-refractivity contribution in [3.05, 3.63) is 40.6 Å². The summed E-state index contributed by atoms with van der Waals surface area (Å²) >= 11 is 0. The number of non-ortho nitro benzene ring substituents is 1. The number of nitrogens with zero attached hydrogens (tertiary/aromatic N) is 6. The van der Waals surface area contributed by atoms with Gasteiger partial charge in [-0.05, 0) is 45.0 Å². The summed E-state index contributed by atoms with van der Waals surface area (Å²) in [6.45, 7) is 7.40. The molecular weight excluding hydrogens is 454 g/mol. The number of rotatable bonds is 6. The summed E-state index contributed by atoms with van der Waals surface area (Å²) < 4.78 is 11.7. The van der Waals surface area contributed by atoms with E-state index in [9.17, 15) is 14.9 Å². The molecule has 35 heavy (non-hydrogen) atoms. The first-order valence-electron chi connectivity index (χ1n) is 11.7. The van der Waals surface area contributed by atoms with Gasteiger partial charge in [0.05, 0.1) is 42.4 Å². The molecule has 3 aromatic rings.